The van der Waals surface area contributed by atoms with Crippen LogP contribution in [0.25, 0.3) is 11.3 Å². The summed E-state index contributed by atoms with van der Waals surface area (Å²) in [5.41, 5.74) is 2.81. The van der Waals surface area contributed by atoms with Crippen molar-refractivity contribution in [1.29, 1.82) is 0 Å². The molecule has 0 saturated carbocycles. The maximum absolute atomic E-state index is 5.38. The number of hydrogen-bond donors (Lipinski definition) is 1. The van der Waals surface area contributed by atoms with Gasteiger partial charge in [-0.2, -0.15) is 0 Å². The summed E-state index contributed by atoms with van der Waals surface area (Å²) in [7, 11) is 5.15. The first-order valence-electron chi connectivity index (χ1n) is 5.64. The molecule has 1 heterocycles. The van der Waals surface area contributed by atoms with E-state index in [1.54, 1.807) is 20.4 Å². The monoisotopic (exact) mass is 244 g/mol. The molecule has 0 aliphatic heterocycles. The van der Waals surface area contributed by atoms with Crippen LogP contribution in [-0.2, 0) is 0 Å². The molecule has 1 aromatic heterocycles. The SMILES string of the molecule is CNc1ccnc(-c2ccc(OC)cc2OC)c1. The molecule has 18 heavy (non-hydrogen) atoms. The topological polar surface area (TPSA) is 43.4 Å². The number of pyridine rings is 1. The molecule has 0 spiro atoms. The molecule has 0 aliphatic carbocycles. The quantitative estimate of drug-likeness (QED) is 0.898. The van der Waals surface area contributed by atoms with Gasteiger partial charge in [-0.3, -0.25) is 4.98 Å². The molecule has 1 aromatic carbocycles. The van der Waals surface area contributed by atoms with Crippen LogP contribution in [0.3, 0.4) is 0 Å². The van der Waals surface area contributed by atoms with E-state index in [2.05, 4.69) is 10.3 Å². The van der Waals surface area contributed by atoms with Crippen molar-refractivity contribution in [2.24, 2.45) is 0 Å². The van der Waals surface area contributed by atoms with E-state index in [9.17, 15) is 0 Å². The Balaban J connectivity index is 2.48. The Morgan fingerprint density at radius 2 is 1.89 bits per heavy atom. The van der Waals surface area contributed by atoms with Crippen molar-refractivity contribution < 1.29 is 9.47 Å². The molecule has 0 unspecified atom stereocenters. The molecule has 2 aromatic rings. The van der Waals surface area contributed by atoms with Crippen molar-refractivity contribution in [3.05, 3.63) is 36.5 Å². The smallest absolute Gasteiger partial charge is 0.131 e. The van der Waals surface area contributed by atoms with E-state index >= 15 is 0 Å². The Bertz CT molecular complexity index is 541. The fourth-order valence-electron chi connectivity index (χ4n) is 1.74. The van der Waals surface area contributed by atoms with Crippen LogP contribution in [0.2, 0.25) is 0 Å². The van der Waals surface area contributed by atoms with E-state index in [1.165, 1.54) is 0 Å². The first kappa shape index (κ1) is 12.2. The lowest BCUT2D eigenvalue weighted by Crippen LogP contribution is -1.94. The number of benzene rings is 1. The minimum Gasteiger partial charge on any atom is -0.497 e. The third-order valence-electron chi connectivity index (χ3n) is 2.73. The Morgan fingerprint density at radius 1 is 1.06 bits per heavy atom. The predicted octanol–water partition coefficient (Wildman–Crippen LogP) is 2.81. The Kier molecular flexibility index (Phi) is 3.67. The van der Waals surface area contributed by atoms with Crippen molar-refractivity contribution in [2.45, 2.75) is 0 Å². The van der Waals surface area contributed by atoms with Crippen LogP contribution in [0.1, 0.15) is 0 Å². The molecule has 0 atom stereocenters. The largest absolute Gasteiger partial charge is 0.497 e. The Morgan fingerprint density at radius 3 is 2.56 bits per heavy atom. The third kappa shape index (κ3) is 2.37. The minimum atomic E-state index is 0.745. The van der Waals surface area contributed by atoms with Crippen molar-refractivity contribution in [1.82, 2.24) is 4.98 Å². The maximum atomic E-state index is 5.38. The second kappa shape index (κ2) is 5.40. The normalized spacial score (nSPS) is 9.94. The summed E-state index contributed by atoms with van der Waals surface area (Å²) in [4.78, 5) is 4.36. The van der Waals surface area contributed by atoms with Gasteiger partial charge in [0.15, 0.2) is 0 Å². The molecular weight excluding hydrogens is 228 g/mol. The predicted molar refractivity (Wildman–Crippen MR) is 72.3 cm³/mol. The Hall–Kier alpha value is -2.23. The molecule has 4 nitrogen and oxygen atoms in total. The number of hydrogen-bond acceptors (Lipinski definition) is 4. The zero-order valence-electron chi connectivity index (χ0n) is 10.7. The second-order valence-electron chi connectivity index (χ2n) is 3.75. The fraction of sp³-hybridized carbons (Fsp3) is 0.214. The molecule has 4 heteroatoms. The van der Waals surface area contributed by atoms with Gasteiger partial charge in [0.25, 0.3) is 0 Å². The molecule has 0 fully saturated rings. The number of ether oxygens (including phenoxy) is 2. The molecule has 0 aliphatic rings. The molecule has 0 bridgehead atoms. The molecular formula is C14H16N2O2. The summed E-state index contributed by atoms with van der Waals surface area (Å²) < 4.78 is 10.6. The standard InChI is InChI=1S/C14H16N2O2/c1-15-10-6-7-16-13(8-10)12-5-4-11(17-2)9-14(12)18-3/h4-9H,1-3H3,(H,15,16). The van der Waals surface area contributed by atoms with Gasteiger partial charge in [-0.15, -0.1) is 0 Å². The van der Waals surface area contributed by atoms with Gasteiger partial charge in [0.05, 0.1) is 19.9 Å². The van der Waals surface area contributed by atoms with Gasteiger partial charge in [-0.1, -0.05) is 0 Å². The van der Waals surface area contributed by atoms with Gasteiger partial charge in [0, 0.05) is 30.6 Å². The van der Waals surface area contributed by atoms with Crippen molar-refractivity contribution in [3.63, 3.8) is 0 Å². The molecule has 0 radical (unpaired) electrons. The van der Waals surface area contributed by atoms with E-state index in [4.69, 9.17) is 9.47 Å². The van der Waals surface area contributed by atoms with Crippen molar-refractivity contribution in [2.75, 3.05) is 26.6 Å². The first-order chi connectivity index (χ1) is 8.78. The van der Waals surface area contributed by atoms with Gasteiger partial charge in [0.1, 0.15) is 11.5 Å². The highest BCUT2D eigenvalue weighted by Gasteiger charge is 2.08. The number of aromatic nitrogens is 1. The van der Waals surface area contributed by atoms with Crippen LogP contribution in [0.5, 0.6) is 11.5 Å². The summed E-state index contributed by atoms with van der Waals surface area (Å²) in [6.45, 7) is 0. The second-order valence-corrected chi connectivity index (χ2v) is 3.75. The van der Waals surface area contributed by atoms with E-state index in [0.29, 0.717) is 0 Å². The summed E-state index contributed by atoms with van der Waals surface area (Å²) in [5.74, 6) is 1.51. The highest BCUT2D eigenvalue weighted by Crippen LogP contribution is 2.32. The number of methoxy groups -OCH3 is 2. The van der Waals surface area contributed by atoms with Crippen LogP contribution < -0.4 is 14.8 Å². The number of nitrogens with one attached hydrogen (secondary N) is 1. The van der Waals surface area contributed by atoms with E-state index in [-0.39, 0.29) is 0 Å². The van der Waals surface area contributed by atoms with Gasteiger partial charge in [-0.05, 0) is 24.3 Å². The zero-order chi connectivity index (χ0) is 13.0. The lowest BCUT2D eigenvalue weighted by Gasteiger charge is -2.10. The molecule has 1 N–H and O–H groups in total. The van der Waals surface area contributed by atoms with Gasteiger partial charge < -0.3 is 14.8 Å². The Labute approximate surface area is 107 Å². The fourth-order valence-corrected chi connectivity index (χ4v) is 1.74. The van der Waals surface area contributed by atoms with Crippen LogP contribution in [-0.4, -0.2) is 26.3 Å². The zero-order valence-corrected chi connectivity index (χ0v) is 10.7. The van der Waals surface area contributed by atoms with Crippen molar-refractivity contribution >= 4 is 5.69 Å². The van der Waals surface area contributed by atoms with Gasteiger partial charge in [0.2, 0.25) is 0 Å². The first-order valence-corrected chi connectivity index (χ1v) is 5.64. The van der Waals surface area contributed by atoms with Crippen LogP contribution >= 0.6 is 0 Å². The molecule has 94 valence electrons. The van der Waals surface area contributed by atoms with E-state index in [0.717, 1.165) is 28.4 Å². The van der Waals surface area contributed by atoms with Gasteiger partial charge in [-0.25, -0.2) is 0 Å². The highest BCUT2D eigenvalue weighted by molar-refractivity contribution is 5.71. The number of nitrogens with zero attached hydrogens (tertiary/aromatic N) is 1. The lowest BCUT2D eigenvalue weighted by molar-refractivity contribution is 0.395. The highest BCUT2D eigenvalue weighted by atomic mass is 16.5. The summed E-state index contributed by atoms with van der Waals surface area (Å²) in [6.07, 6.45) is 1.77. The maximum Gasteiger partial charge on any atom is 0.131 e. The van der Waals surface area contributed by atoms with Gasteiger partial charge >= 0.3 is 0 Å². The average Bonchev–Trinajstić information content (AvgIpc) is 2.46. The molecule has 0 saturated heterocycles. The number of rotatable bonds is 4. The average molecular weight is 244 g/mol. The van der Waals surface area contributed by atoms with E-state index in [1.807, 2.05) is 37.4 Å². The summed E-state index contributed by atoms with van der Waals surface area (Å²) in [6, 6.07) is 9.58. The molecule has 2 rings (SSSR count). The summed E-state index contributed by atoms with van der Waals surface area (Å²) in [5, 5.41) is 3.09. The molecule has 0 amide bonds. The summed E-state index contributed by atoms with van der Waals surface area (Å²) >= 11 is 0. The van der Waals surface area contributed by atoms with Crippen LogP contribution in [0.4, 0.5) is 5.69 Å². The minimum absolute atomic E-state index is 0.745. The van der Waals surface area contributed by atoms with Crippen LogP contribution in [0.15, 0.2) is 36.5 Å². The van der Waals surface area contributed by atoms with E-state index < -0.39 is 0 Å². The van der Waals surface area contributed by atoms with Crippen molar-refractivity contribution in [3.8, 4) is 22.8 Å². The third-order valence-corrected chi connectivity index (χ3v) is 2.73. The lowest BCUT2D eigenvalue weighted by atomic mass is 10.1. The number of anilines is 1. The van der Waals surface area contributed by atoms with Crippen LogP contribution in [0, 0.1) is 0 Å².